The van der Waals surface area contributed by atoms with Crippen molar-refractivity contribution < 1.29 is 4.74 Å². The highest BCUT2D eigenvalue weighted by atomic mass is 16.5. The maximum absolute atomic E-state index is 5.67. The second-order valence-electron chi connectivity index (χ2n) is 4.14. The Bertz CT molecular complexity index is 300. The number of aromatic nitrogens is 2. The maximum Gasteiger partial charge on any atom is 0.0719 e. The minimum absolute atomic E-state index is 0.314. The normalized spacial score (nSPS) is 33.1. The molecule has 0 aromatic carbocycles. The molecule has 2 N–H and O–H groups in total. The zero-order valence-corrected chi connectivity index (χ0v) is 8.68. The van der Waals surface area contributed by atoms with Crippen LogP contribution in [-0.2, 0) is 4.74 Å². The molecule has 0 amide bonds. The predicted molar refractivity (Wildman–Crippen MR) is 54.9 cm³/mol. The van der Waals surface area contributed by atoms with E-state index in [0.29, 0.717) is 18.2 Å². The van der Waals surface area contributed by atoms with E-state index in [-0.39, 0.29) is 0 Å². The average Bonchev–Trinajstić information content (AvgIpc) is 2.50. The molecule has 2 heterocycles. The van der Waals surface area contributed by atoms with Gasteiger partial charge in [-0.1, -0.05) is 0 Å². The molecule has 0 spiro atoms. The minimum Gasteiger partial charge on any atom is -0.396 e. The van der Waals surface area contributed by atoms with Crippen LogP contribution in [-0.4, -0.2) is 22.0 Å². The van der Waals surface area contributed by atoms with Crippen molar-refractivity contribution in [2.45, 2.75) is 44.9 Å². The van der Waals surface area contributed by atoms with Gasteiger partial charge in [-0.05, 0) is 26.7 Å². The monoisotopic (exact) mass is 195 g/mol. The van der Waals surface area contributed by atoms with Crippen LogP contribution in [0.2, 0.25) is 0 Å². The molecule has 1 aliphatic heterocycles. The molecule has 1 aromatic heterocycles. The van der Waals surface area contributed by atoms with Gasteiger partial charge >= 0.3 is 0 Å². The molecule has 1 aliphatic rings. The summed E-state index contributed by atoms with van der Waals surface area (Å²) in [6, 6.07) is 0.436. The summed E-state index contributed by atoms with van der Waals surface area (Å²) in [6.07, 6.45) is 6.26. The summed E-state index contributed by atoms with van der Waals surface area (Å²) in [5.74, 6) is 0. The van der Waals surface area contributed by atoms with E-state index in [1.807, 2.05) is 10.9 Å². The van der Waals surface area contributed by atoms with Crippen molar-refractivity contribution >= 4 is 5.69 Å². The van der Waals surface area contributed by atoms with E-state index in [0.717, 1.165) is 18.5 Å². The Hall–Kier alpha value is -1.03. The van der Waals surface area contributed by atoms with E-state index in [1.54, 1.807) is 6.20 Å². The molecular formula is C10H17N3O. The quantitative estimate of drug-likeness (QED) is 0.740. The highest BCUT2D eigenvalue weighted by Gasteiger charge is 2.25. The molecule has 0 aliphatic carbocycles. The summed E-state index contributed by atoms with van der Waals surface area (Å²) in [4.78, 5) is 0. The van der Waals surface area contributed by atoms with Crippen molar-refractivity contribution in [3.05, 3.63) is 12.4 Å². The van der Waals surface area contributed by atoms with E-state index >= 15 is 0 Å². The van der Waals surface area contributed by atoms with Crippen molar-refractivity contribution in [1.82, 2.24) is 9.78 Å². The second kappa shape index (κ2) is 3.61. The molecule has 1 aromatic rings. The van der Waals surface area contributed by atoms with E-state index in [4.69, 9.17) is 10.5 Å². The predicted octanol–water partition coefficient (Wildman–Crippen LogP) is 1.59. The van der Waals surface area contributed by atoms with Gasteiger partial charge in [-0.25, -0.2) is 0 Å². The third-order valence-electron chi connectivity index (χ3n) is 2.67. The zero-order chi connectivity index (χ0) is 10.1. The first kappa shape index (κ1) is 9.52. The molecule has 2 unspecified atom stereocenters. The van der Waals surface area contributed by atoms with E-state index in [2.05, 4.69) is 18.9 Å². The first-order valence-electron chi connectivity index (χ1n) is 5.10. The van der Waals surface area contributed by atoms with Gasteiger partial charge in [-0.3, -0.25) is 4.68 Å². The summed E-state index contributed by atoms with van der Waals surface area (Å²) >= 11 is 0. The first-order valence-corrected chi connectivity index (χ1v) is 5.10. The van der Waals surface area contributed by atoms with Crippen molar-refractivity contribution in [3.8, 4) is 0 Å². The molecule has 1 saturated heterocycles. The van der Waals surface area contributed by atoms with E-state index in [1.165, 1.54) is 0 Å². The fourth-order valence-corrected chi connectivity index (χ4v) is 2.14. The van der Waals surface area contributed by atoms with Crippen LogP contribution >= 0.6 is 0 Å². The maximum atomic E-state index is 5.67. The lowest BCUT2D eigenvalue weighted by Gasteiger charge is -2.32. The van der Waals surface area contributed by atoms with Gasteiger partial charge in [0.1, 0.15) is 0 Å². The summed E-state index contributed by atoms with van der Waals surface area (Å²) in [5, 5.41) is 4.24. The average molecular weight is 195 g/mol. The fourth-order valence-electron chi connectivity index (χ4n) is 2.14. The van der Waals surface area contributed by atoms with E-state index in [9.17, 15) is 0 Å². The zero-order valence-electron chi connectivity index (χ0n) is 8.68. The topological polar surface area (TPSA) is 53.1 Å². The van der Waals surface area contributed by atoms with Crippen LogP contribution in [0.4, 0.5) is 5.69 Å². The third-order valence-corrected chi connectivity index (χ3v) is 2.67. The molecule has 0 saturated carbocycles. The number of nitrogens with zero attached hydrogens (tertiary/aromatic N) is 2. The number of nitrogen functional groups attached to an aromatic ring is 1. The number of hydrogen-bond acceptors (Lipinski definition) is 3. The van der Waals surface area contributed by atoms with Crippen molar-refractivity contribution in [2.24, 2.45) is 0 Å². The van der Waals surface area contributed by atoms with Crippen LogP contribution in [0.15, 0.2) is 12.4 Å². The van der Waals surface area contributed by atoms with Gasteiger partial charge in [0.2, 0.25) is 0 Å². The van der Waals surface area contributed by atoms with Crippen LogP contribution in [0.3, 0.4) is 0 Å². The summed E-state index contributed by atoms with van der Waals surface area (Å²) in [6.45, 7) is 4.21. The lowest BCUT2D eigenvalue weighted by Crippen LogP contribution is -2.31. The molecule has 2 rings (SSSR count). The smallest absolute Gasteiger partial charge is 0.0719 e. The van der Waals surface area contributed by atoms with Crippen LogP contribution in [0, 0.1) is 0 Å². The molecule has 1 fully saturated rings. The van der Waals surface area contributed by atoms with Gasteiger partial charge in [0.15, 0.2) is 0 Å². The van der Waals surface area contributed by atoms with Gasteiger partial charge in [-0.2, -0.15) is 5.10 Å². The van der Waals surface area contributed by atoms with E-state index < -0.39 is 0 Å². The minimum atomic E-state index is 0.314. The Kier molecular flexibility index (Phi) is 2.46. The molecule has 2 atom stereocenters. The van der Waals surface area contributed by atoms with Crippen LogP contribution in [0.1, 0.15) is 32.7 Å². The number of ether oxygens (including phenoxy) is 1. The Morgan fingerprint density at radius 1 is 1.43 bits per heavy atom. The van der Waals surface area contributed by atoms with Gasteiger partial charge in [0.25, 0.3) is 0 Å². The summed E-state index contributed by atoms with van der Waals surface area (Å²) < 4.78 is 7.64. The molecule has 0 bridgehead atoms. The standard InChI is InChI=1S/C10H17N3O/c1-7-3-10(4-8(2)14-7)13-6-9(11)5-12-13/h5-8,10H,3-4,11H2,1-2H3. The number of nitrogens with two attached hydrogens (primary N) is 1. The van der Waals surface area contributed by atoms with Crippen molar-refractivity contribution in [1.29, 1.82) is 0 Å². The highest BCUT2D eigenvalue weighted by molar-refractivity contribution is 5.30. The number of rotatable bonds is 1. The Morgan fingerprint density at radius 2 is 2.07 bits per heavy atom. The fraction of sp³-hybridized carbons (Fsp3) is 0.700. The van der Waals surface area contributed by atoms with Crippen LogP contribution < -0.4 is 5.73 Å². The summed E-state index contributed by atoms with van der Waals surface area (Å²) in [5.41, 5.74) is 6.37. The van der Waals surface area contributed by atoms with Crippen LogP contribution in [0.5, 0.6) is 0 Å². The second-order valence-corrected chi connectivity index (χ2v) is 4.14. The van der Waals surface area contributed by atoms with Gasteiger partial charge < -0.3 is 10.5 Å². The van der Waals surface area contributed by atoms with Gasteiger partial charge in [0, 0.05) is 6.20 Å². The van der Waals surface area contributed by atoms with Crippen LogP contribution in [0.25, 0.3) is 0 Å². The van der Waals surface area contributed by atoms with Crippen molar-refractivity contribution in [2.75, 3.05) is 5.73 Å². The lowest BCUT2D eigenvalue weighted by molar-refractivity contribution is -0.0506. The molecule has 4 nitrogen and oxygen atoms in total. The first-order chi connectivity index (χ1) is 6.65. The third kappa shape index (κ3) is 1.90. The molecule has 4 heteroatoms. The molecule has 14 heavy (non-hydrogen) atoms. The Morgan fingerprint density at radius 3 is 2.57 bits per heavy atom. The number of anilines is 1. The molecular weight excluding hydrogens is 178 g/mol. The SMILES string of the molecule is CC1CC(n2cc(N)cn2)CC(C)O1. The molecule has 78 valence electrons. The lowest BCUT2D eigenvalue weighted by atomic mass is 10.0. The highest BCUT2D eigenvalue weighted by Crippen LogP contribution is 2.28. The van der Waals surface area contributed by atoms with Gasteiger partial charge in [0.05, 0.1) is 30.1 Å². The van der Waals surface area contributed by atoms with Crippen molar-refractivity contribution in [3.63, 3.8) is 0 Å². The Labute approximate surface area is 84.0 Å². The largest absolute Gasteiger partial charge is 0.396 e. The Balaban J connectivity index is 2.10. The number of hydrogen-bond donors (Lipinski definition) is 1. The summed E-state index contributed by atoms with van der Waals surface area (Å²) in [7, 11) is 0. The molecule has 0 radical (unpaired) electrons. The van der Waals surface area contributed by atoms with Gasteiger partial charge in [-0.15, -0.1) is 0 Å².